The first-order chi connectivity index (χ1) is 9.60. The van der Waals surface area contributed by atoms with E-state index >= 15 is 0 Å². The smallest absolute Gasteiger partial charge is 0.308 e. The van der Waals surface area contributed by atoms with Gasteiger partial charge in [-0.15, -0.1) is 0 Å². The summed E-state index contributed by atoms with van der Waals surface area (Å²) in [5.74, 6) is -0.783. The zero-order valence-electron chi connectivity index (χ0n) is 11.2. The highest BCUT2D eigenvalue weighted by Gasteiger charge is 2.28. The van der Waals surface area contributed by atoms with Crippen LogP contribution in [0.3, 0.4) is 0 Å². The van der Waals surface area contributed by atoms with E-state index in [0.717, 1.165) is 25.5 Å². The van der Waals surface area contributed by atoms with Crippen molar-refractivity contribution >= 4 is 23.4 Å². The van der Waals surface area contributed by atoms with Crippen molar-refractivity contribution in [2.24, 2.45) is 5.92 Å². The molecule has 0 bridgehead atoms. The second-order valence-corrected chi connectivity index (χ2v) is 5.13. The van der Waals surface area contributed by atoms with Crippen LogP contribution in [-0.2, 0) is 9.53 Å². The van der Waals surface area contributed by atoms with E-state index in [4.69, 9.17) is 16.3 Å². The average molecular weight is 302 g/mol. The highest BCUT2D eigenvalue weighted by molar-refractivity contribution is 6.28. The predicted octanol–water partition coefficient (Wildman–Crippen LogP) is 2.80. The lowest BCUT2D eigenvalue weighted by atomic mass is 9.86. The van der Waals surface area contributed by atoms with Gasteiger partial charge in [-0.2, -0.15) is 4.98 Å². The van der Waals surface area contributed by atoms with Crippen LogP contribution < -0.4 is 5.32 Å². The van der Waals surface area contributed by atoms with E-state index < -0.39 is 5.82 Å². The molecule has 0 radical (unpaired) electrons. The first kappa shape index (κ1) is 15.0. The molecule has 0 amide bonds. The van der Waals surface area contributed by atoms with Crippen LogP contribution in [0.25, 0.3) is 0 Å². The Morgan fingerprint density at radius 3 is 3.15 bits per heavy atom. The average Bonchev–Trinajstić information content (AvgIpc) is 2.43. The summed E-state index contributed by atoms with van der Waals surface area (Å²) in [6.07, 6.45) is 4.20. The SMILES string of the molecule is CCOC(=O)[C@@H]1CCC[C@H](Nc2nc(Cl)ncc2F)C1. The second-order valence-electron chi connectivity index (χ2n) is 4.79. The molecule has 1 aromatic heterocycles. The second kappa shape index (κ2) is 6.83. The molecular formula is C13H17ClFN3O2. The van der Waals surface area contributed by atoms with Gasteiger partial charge >= 0.3 is 5.97 Å². The highest BCUT2D eigenvalue weighted by Crippen LogP contribution is 2.28. The minimum atomic E-state index is -0.548. The van der Waals surface area contributed by atoms with Gasteiger partial charge < -0.3 is 10.1 Å². The van der Waals surface area contributed by atoms with Gasteiger partial charge in [0.25, 0.3) is 0 Å². The van der Waals surface area contributed by atoms with Gasteiger partial charge in [0.15, 0.2) is 11.6 Å². The van der Waals surface area contributed by atoms with Crippen LogP contribution in [0.15, 0.2) is 6.20 Å². The van der Waals surface area contributed by atoms with Crippen molar-refractivity contribution in [1.82, 2.24) is 9.97 Å². The molecule has 1 fully saturated rings. The minimum Gasteiger partial charge on any atom is -0.466 e. The summed E-state index contributed by atoms with van der Waals surface area (Å²) in [5.41, 5.74) is 0. The molecule has 0 aliphatic heterocycles. The van der Waals surface area contributed by atoms with E-state index in [1.54, 1.807) is 6.92 Å². The lowest BCUT2D eigenvalue weighted by molar-refractivity contribution is -0.149. The number of aromatic nitrogens is 2. The van der Waals surface area contributed by atoms with Crippen molar-refractivity contribution < 1.29 is 13.9 Å². The van der Waals surface area contributed by atoms with E-state index in [2.05, 4.69) is 15.3 Å². The van der Waals surface area contributed by atoms with Crippen molar-refractivity contribution in [2.75, 3.05) is 11.9 Å². The first-order valence-electron chi connectivity index (χ1n) is 6.71. The molecule has 1 aromatic rings. The van der Waals surface area contributed by atoms with Gasteiger partial charge in [-0.1, -0.05) is 6.42 Å². The van der Waals surface area contributed by atoms with Crippen LogP contribution >= 0.6 is 11.6 Å². The quantitative estimate of drug-likeness (QED) is 0.684. The zero-order valence-corrected chi connectivity index (χ0v) is 12.0. The number of carbonyl (C=O) groups is 1. The van der Waals surface area contributed by atoms with Crippen LogP contribution in [0.4, 0.5) is 10.2 Å². The summed E-state index contributed by atoms with van der Waals surface area (Å²) in [4.78, 5) is 19.1. The maximum absolute atomic E-state index is 13.6. The Balaban J connectivity index is 1.99. The number of rotatable bonds is 4. The lowest BCUT2D eigenvalue weighted by Crippen LogP contribution is -2.32. The van der Waals surface area contributed by atoms with E-state index in [-0.39, 0.29) is 29.0 Å². The molecular weight excluding hydrogens is 285 g/mol. The number of halogens is 2. The molecule has 0 spiro atoms. The number of hydrogen-bond acceptors (Lipinski definition) is 5. The number of carbonyl (C=O) groups excluding carboxylic acids is 1. The molecule has 0 saturated heterocycles. The monoisotopic (exact) mass is 301 g/mol. The van der Waals surface area contributed by atoms with Gasteiger partial charge in [-0.25, -0.2) is 9.37 Å². The molecule has 7 heteroatoms. The van der Waals surface area contributed by atoms with Gasteiger partial charge in [-0.3, -0.25) is 4.79 Å². The molecule has 1 heterocycles. The first-order valence-corrected chi connectivity index (χ1v) is 7.09. The fourth-order valence-corrected chi connectivity index (χ4v) is 2.57. The van der Waals surface area contributed by atoms with Crippen molar-refractivity contribution in [3.8, 4) is 0 Å². The molecule has 2 rings (SSSR count). The van der Waals surface area contributed by atoms with E-state index in [0.29, 0.717) is 13.0 Å². The van der Waals surface area contributed by atoms with Gasteiger partial charge in [0.2, 0.25) is 5.28 Å². The third-order valence-electron chi connectivity index (χ3n) is 3.35. The number of nitrogens with zero attached hydrogens (tertiary/aromatic N) is 2. The van der Waals surface area contributed by atoms with Crippen molar-refractivity contribution in [2.45, 2.75) is 38.6 Å². The fraction of sp³-hybridized carbons (Fsp3) is 0.615. The summed E-state index contributed by atoms with van der Waals surface area (Å²) < 4.78 is 18.6. The summed E-state index contributed by atoms with van der Waals surface area (Å²) in [6.45, 7) is 2.16. The maximum Gasteiger partial charge on any atom is 0.308 e. The van der Waals surface area contributed by atoms with Gasteiger partial charge in [0, 0.05) is 6.04 Å². The molecule has 1 aliphatic rings. The van der Waals surface area contributed by atoms with Gasteiger partial charge in [-0.05, 0) is 37.8 Å². The number of nitrogens with one attached hydrogen (secondary N) is 1. The molecule has 5 nitrogen and oxygen atoms in total. The van der Waals surface area contributed by atoms with E-state index in [9.17, 15) is 9.18 Å². The predicted molar refractivity (Wildman–Crippen MR) is 73.0 cm³/mol. The Labute approximate surface area is 121 Å². The highest BCUT2D eigenvalue weighted by atomic mass is 35.5. The molecule has 20 heavy (non-hydrogen) atoms. The summed E-state index contributed by atoms with van der Waals surface area (Å²) in [6, 6.07) is -0.0152. The third-order valence-corrected chi connectivity index (χ3v) is 3.53. The number of ether oxygens (including phenoxy) is 1. The summed E-state index contributed by atoms with van der Waals surface area (Å²) >= 11 is 5.65. The number of anilines is 1. The van der Waals surface area contributed by atoms with Crippen LogP contribution in [0.5, 0.6) is 0 Å². The van der Waals surface area contributed by atoms with Crippen molar-refractivity contribution in [3.05, 3.63) is 17.3 Å². The molecule has 0 aromatic carbocycles. The molecule has 1 saturated carbocycles. The largest absolute Gasteiger partial charge is 0.466 e. The van der Waals surface area contributed by atoms with Crippen LogP contribution in [0, 0.1) is 11.7 Å². The van der Waals surface area contributed by atoms with E-state index in [1.807, 2.05) is 0 Å². The summed E-state index contributed by atoms with van der Waals surface area (Å²) in [7, 11) is 0. The lowest BCUT2D eigenvalue weighted by Gasteiger charge is -2.28. The molecule has 1 aliphatic carbocycles. The molecule has 0 unspecified atom stereocenters. The molecule has 1 N–H and O–H groups in total. The normalized spacial score (nSPS) is 22.4. The Hall–Kier alpha value is -1.43. The number of hydrogen-bond donors (Lipinski definition) is 1. The Bertz CT molecular complexity index is 487. The Kier molecular flexibility index (Phi) is 5.11. The van der Waals surface area contributed by atoms with Crippen molar-refractivity contribution in [1.29, 1.82) is 0 Å². The van der Waals surface area contributed by atoms with Crippen LogP contribution in [0.2, 0.25) is 5.28 Å². The minimum absolute atomic E-state index is 0.00773. The van der Waals surface area contributed by atoms with Crippen LogP contribution in [-0.4, -0.2) is 28.6 Å². The molecule has 2 atom stereocenters. The Morgan fingerprint density at radius 2 is 2.40 bits per heavy atom. The molecule has 110 valence electrons. The van der Waals surface area contributed by atoms with Gasteiger partial charge in [0.05, 0.1) is 18.7 Å². The van der Waals surface area contributed by atoms with Crippen LogP contribution in [0.1, 0.15) is 32.6 Å². The Morgan fingerprint density at radius 1 is 1.60 bits per heavy atom. The summed E-state index contributed by atoms with van der Waals surface area (Å²) in [5, 5.41) is 2.99. The standard InChI is InChI=1S/C13H17ClFN3O2/c1-2-20-12(19)8-4-3-5-9(6-8)17-11-10(15)7-16-13(14)18-11/h7-9H,2-6H2,1H3,(H,16,17,18)/t8-,9+/m1/s1. The van der Waals surface area contributed by atoms with Crippen molar-refractivity contribution in [3.63, 3.8) is 0 Å². The number of esters is 1. The maximum atomic E-state index is 13.6. The fourth-order valence-electron chi connectivity index (χ4n) is 2.44. The third kappa shape index (κ3) is 3.79. The van der Waals surface area contributed by atoms with Gasteiger partial charge in [0.1, 0.15) is 0 Å². The zero-order chi connectivity index (χ0) is 14.5. The van der Waals surface area contributed by atoms with E-state index in [1.165, 1.54) is 0 Å². The topological polar surface area (TPSA) is 64.1 Å².